The summed E-state index contributed by atoms with van der Waals surface area (Å²) in [7, 11) is 0. The molecule has 3 saturated carbocycles. The van der Waals surface area contributed by atoms with Crippen molar-refractivity contribution in [1.82, 2.24) is 0 Å². The Hall–Kier alpha value is -0.920. The van der Waals surface area contributed by atoms with Crippen molar-refractivity contribution < 1.29 is 8.78 Å². The Balaban J connectivity index is 1.15. The Bertz CT molecular complexity index is 762. The van der Waals surface area contributed by atoms with Gasteiger partial charge in [-0.05, 0) is 124 Å². The molecule has 4 rings (SSSR count). The van der Waals surface area contributed by atoms with Gasteiger partial charge in [-0.3, -0.25) is 0 Å². The lowest BCUT2D eigenvalue weighted by Gasteiger charge is -2.41. The van der Waals surface area contributed by atoms with Crippen LogP contribution in [0, 0.1) is 47.1 Å². The first kappa shape index (κ1) is 28.1. The van der Waals surface area contributed by atoms with Gasteiger partial charge in [-0.1, -0.05) is 77.3 Å². The predicted molar refractivity (Wildman–Crippen MR) is 149 cm³/mol. The van der Waals surface area contributed by atoms with E-state index in [4.69, 9.17) is 0 Å². The van der Waals surface area contributed by atoms with Gasteiger partial charge in [-0.2, -0.15) is 0 Å². The molecule has 1 aromatic rings. The summed E-state index contributed by atoms with van der Waals surface area (Å²) in [5.41, 5.74) is 1.15. The summed E-state index contributed by atoms with van der Waals surface area (Å²) in [4.78, 5) is 0. The van der Waals surface area contributed by atoms with E-state index in [0.717, 1.165) is 55.3 Å². The van der Waals surface area contributed by atoms with Gasteiger partial charge >= 0.3 is 0 Å². The quantitative estimate of drug-likeness (QED) is 0.265. The molecule has 0 bridgehead atoms. The number of halogens is 2. The topological polar surface area (TPSA) is 0 Å². The van der Waals surface area contributed by atoms with Crippen LogP contribution in [0.15, 0.2) is 12.1 Å². The number of hydrogen-bond donors (Lipinski definition) is 0. The fourth-order valence-corrected chi connectivity index (χ4v) is 8.33. The highest BCUT2D eigenvalue weighted by atomic mass is 19.2. The molecule has 0 aliphatic heterocycles. The number of hydrogen-bond acceptors (Lipinski definition) is 0. The molecule has 0 saturated heterocycles. The van der Waals surface area contributed by atoms with Crippen LogP contribution in [-0.2, 0) is 12.8 Å². The minimum Gasteiger partial charge on any atom is -0.203 e. The molecule has 3 aliphatic carbocycles. The van der Waals surface area contributed by atoms with Gasteiger partial charge < -0.3 is 0 Å². The third-order valence-electron chi connectivity index (χ3n) is 10.7. The van der Waals surface area contributed by atoms with Gasteiger partial charge in [-0.25, -0.2) is 8.78 Å². The van der Waals surface area contributed by atoms with Crippen LogP contribution in [0.1, 0.15) is 141 Å². The lowest BCUT2D eigenvalue weighted by molar-refractivity contribution is 0.102. The molecule has 2 heteroatoms. The monoisotopic (exact) mass is 500 g/mol. The van der Waals surface area contributed by atoms with Crippen molar-refractivity contribution in [2.24, 2.45) is 35.5 Å². The summed E-state index contributed by atoms with van der Waals surface area (Å²) in [5, 5.41) is 0. The molecular formula is C34H54F2. The third kappa shape index (κ3) is 7.57. The molecule has 0 radical (unpaired) electrons. The lowest BCUT2D eigenvalue weighted by atomic mass is 9.64. The summed E-state index contributed by atoms with van der Waals surface area (Å²) in [5.74, 6) is 4.51. The highest BCUT2D eigenvalue weighted by Crippen LogP contribution is 2.46. The predicted octanol–water partition coefficient (Wildman–Crippen LogP) is 10.8. The van der Waals surface area contributed by atoms with Gasteiger partial charge in [0.15, 0.2) is 11.6 Å². The van der Waals surface area contributed by atoms with Gasteiger partial charge in [0, 0.05) is 0 Å². The third-order valence-corrected chi connectivity index (χ3v) is 10.7. The van der Waals surface area contributed by atoms with Crippen molar-refractivity contribution in [3.05, 3.63) is 34.9 Å². The largest absolute Gasteiger partial charge is 0.203 e. The maximum Gasteiger partial charge on any atom is 0.162 e. The summed E-state index contributed by atoms with van der Waals surface area (Å²) in [6.45, 7) is 4.48. The summed E-state index contributed by atoms with van der Waals surface area (Å²) in [6.07, 6.45) is 25.6. The first-order valence-electron chi connectivity index (χ1n) is 16.0. The van der Waals surface area contributed by atoms with Crippen LogP contribution in [0.25, 0.3) is 0 Å². The second kappa shape index (κ2) is 14.3. The average molecular weight is 501 g/mol. The Labute approximate surface area is 221 Å². The fourth-order valence-electron chi connectivity index (χ4n) is 8.33. The summed E-state index contributed by atoms with van der Waals surface area (Å²) in [6, 6.07) is 3.70. The molecule has 0 spiro atoms. The van der Waals surface area contributed by atoms with E-state index in [1.54, 1.807) is 0 Å². The molecule has 204 valence electrons. The molecule has 0 atom stereocenters. The second-order valence-electron chi connectivity index (χ2n) is 13.0. The second-order valence-corrected chi connectivity index (χ2v) is 13.0. The minimum absolute atomic E-state index is 0.559. The zero-order chi connectivity index (χ0) is 25.3. The van der Waals surface area contributed by atoms with E-state index >= 15 is 0 Å². The Morgan fingerprint density at radius 2 is 0.944 bits per heavy atom. The average Bonchev–Trinajstić information content (AvgIpc) is 2.92. The van der Waals surface area contributed by atoms with Crippen molar-refractivity contribution in [3.63, 3.8) is 0 Å². The van der Waals surface area contributed by atoms with Crippen LogP contribution in [0.3, 0.4) is 0 Å². The van der Waals surface area contributed by atoms with E-state index < -0.39 is 11.6 Å². The van der Waals surface area contributed by atoms with Crippen molar-refractivity contribution in [1.29, 1.82) is 0 Å². The molecule has 1 aromatic carbocycles. The number of unbranched alkanes of at least 4 members (excludes halogenated alkanes) is 2. The summed E-state index contributed by atoms with van der Waals surface area (Å²) < 4.78 is 29.2. The highest BCUT2D eigenvalue weighted by molar-refractivity contribution is 5.26. The smallest absolute Gasteiger partial charge is 0.162 e. The van der Waals surface area contributed by atoms with Gasteiger partial charge in [0.1, 0.15) is 0 Å². The fraction of sp³-hybridized carbons (Fsp3) is 0.824. The molecule has 36 heavy (non-hydrogen) atoms. The number of benzene rings is 1. The van der Waals surface area contributed by atoms with Crippen LogP contribution in [0.5, 0.6) is 0 Å². The molecule has 0 amide bonds. The molecular weight excluding hydrogens is 446 g/mol. The van der Waals surface area contributed by atoms with Crippen molar-refractivity contribution in [2.45, 2.75) is 142 Å². The molecule has 0 N–H and O–H groups in total. The van der Waals surface area contributed by atoms with Gasteiger partial charge in [0.05, 0.1) is 0 Å². The van der Waals surface area contributed by atoms with Crippen LogP contribution in [0.2, 0.25) is 0 Å². The van der Waals surface area contributed by atoms with E-state index in [0.29, 0.717) is 29.9 Å². The van der Waals surface area contributed by atoms with Crippen LogP contribution >= 0.6 is 0 Å². The summed E-state index contributed by atoms with van der Waals surface area (Å²) >= 11 is 0. The standard InChI is InChI=1S/C34H54F2/c1-3-5-6-8-31-23-24-32(34(36)33(31)35)18-13-26-11-16-28(17-12-26)30-21-19-29(20-22-30)27-14-9-25(7-4-2)10-15-27/h23-30H,3-22H2,1-2H3. The maximum atomic E-state index is 14.7. The van der Waals surface area contributed by atoms with E-state index in [9.17, 15) is 8.78 Å². The van der Waals surface area contributed by atoms with Gasteiger partial charge in [0.25, 0.3) is 0 Å². The molecule has 0 nitrogen and oxygen atoms in total. The molecule has 3 fully saturated rings. The SMILES string of the molecule is CCCCCc1ccc(CCC2CCC(C3CCC(C4CCC(CCC)CC4)CC3)CC2)c(F)c1F. The van der Waals surface area contributed by atoms with E-state index in [2.05, 4.69) is 13.8 Å². The zero-order valence-corrected chi connectivity index (χ0v) is 23.5. The van der Waals surface area contributed by atoms with Crippen molar-refractivity contribution >= 4 is 0 Å². The molecule has 0 unspecified atom stereocenters. The van der Waals surface area contributed by atoms with Crippen molar-refractivity contribution in [3.8, 4) is 0 Å². The minimum atomic E-state index is -0.586. The van der Waals surface area contributed by atoms with Gasteiger partial charge in [0.2, 0.25) is 0 Å². The van der Waals surface area contributed by atoms with Gasteiger partial charge in [-0.15, -0.1) is 0 Å². The Morgan fingerprint density at radius 1 is 0.528 bits per heavy atom. The van der Waals surface area contributed by atoms with E-state index in [1.165, 1.54) is 89.9 Å². The van der Waals surface area contributed by atoms with Crippen LogP contribution in [0.4, 0.5) is 8.78 Å². The first-order chi connectivity index (χ1) is 17.6. The lowest BCUT2D eigenvalue weighted by Crippen LogP contribution is -2.29. The maximum absolute atomic E-state index is 14.7. The Morgan fingerprint density at radius 3 is 1.39 bits per heavy atom. The highest BCUT2D eigenvalue weighted by Gasteiger charge is 2.34. The molecule has 0 aromatic heterocycles. The van der Waals surface area contributed by atoms with E-state index in [1.807, 2.05) is 12.1 Å². The van der Waals surface area contributed by atoms with Crippen LogP contribution in [-0.4, -0.2) is 0 Å². The first-order valence-corrected chi connectivity index (χ1v) is 16.0. The molecule has 0 heterocycles. The zero-order valence-electron chi connectivity index (χ0n) is 23.5. The Kier molecular flexibility index (Phi) is 11.2. The van der Waals surface area contributed by atoms with Crippen molar-refractivity contribution in [2.75, 3.05) is 0 Å². The number of rotatable bonds is 11. The number of aryl methyl sites for hydroxylation is 2. The van der Waals surface area contributed by atoms with Crippen LogP contribution < -0.4 is 0 Å². The van der Waals surface area contributed by atoms with E-state index in [-0.39, 0.29) is 0 Å². The normalized spacial score (nSPS) is 31.4. The molecule has 3 aliphatic rings.